The van der Waals surface area contributed by atoms with E-state index in [0.717, 1.165) is 21.1 Å². The quantitative estimate of drug-likeness (QED) is 0.625. The van der Waals surface area contributed by atoms with Gasteiger partial charge < -0.3 is 9.42 Å². The molecule has 1 fully saturated rings. The minimum Gasteiger partial charge on any atom is -0.368 e. The third-order valence-electron chi connectivity index (χ3n) is 4.48. The van der Waals surface area contributed by atoms with Gasteiger partial charge in [-0.3, -0.25) is 4.98 Å². The van der Waals surface area contributed by atoms with Crippen molar-refractivity contribution in [3.8, 4) is 0 Å². The molecule has 136 valence electrons. The molecule has 9 heteroatoms. The van der Waals surface area contributed by atoms with E-state index in [4.69, 9.17) is 4.52 Å². The lowest BCUT2D eigenvalue weighted by Crippen LogP contribution is -2.49. The van der Waals surface area contributed by atoms with Gasteiger partial charge in [0.05, 0.1) is 11.2 Å². The molecule has 26 heavy (non-hydrogen) atoms. The second-order valence-corrected chi connectivity index (χ2v) is 9.01. The molecular formula is C17H17BrN4O3S. The van der Waals surface area contributed by atoms with Crippen LogP contribution in [0, 0.1) is 0 Å². The fourth-order valence-electron chi connectivity index (χ4n) is 3.18. The topological polar surface area (TPSA) is 79.5 Å². The second kappa shape index (κ2) is 6.98. The van der Waals surface area contributed by atoms with Gasteiger partial charge in [-0.2, -0.15) is 4.31 Å². The highest BCUT2D eigenvalue weighted by Crippen LogP contribution is 2.28. The van der Waals surface area contributed by atoms with E-state index >= 15 is 0 Å². The Morgan fingerprint density at radius 3 is 2.65 bits per heavy atom. The van der Waals surface area contributed by atoms with Crippen molar-refractivity contribution in [1.29, 1.82) is 0 Å². The van der Waals surface area contributed by atoms with E-state index in [2.05, 4.69) is 31.0 Å². The maximum atomic E-state index is 12.6. The number of piperazine rings is 1. The van der Waals surface area contributed by atoms with Gasteiger partial charge in [0, 0.05) is 54.0 Å². The van der Waals surface area contributed by atoms with Crippen molar-refractivity contribution >= 4 is 42.5 Å². The van der Waals surface area contributed by atoms with E-state index in [1.54, 1.807) is 12.3 Å². The number of aromatic nitrogens is 2. The summed E-state index contributed by atoms with van der Waals surface area (Å²) >= 11 is 3.47. The molecule has 1 saturated heterocycles. The summed E-state index contributed by atoms with van der Waals surface area (Å²) in [7, 11) is -3.39. The molecular weight excluding hydrogens is 420 g/mol. The van der Waals surface area contributed by atoms with Crippen LogP contribution in [0.3, 0.4) is 0 Å². The van der Waals surface area contributed by atoms with E-state index in [9.17, 15) is 8.42 Å². The van der Waals surface area contributed by atoms with Crippen LogP contribution in [-0.4, -0.2) is 49.0 Å². The first-order valence-corrected chi connectivity index (χ1v) is 10.6. The molecule has 7 nitrogen and oxygen atoms in total. The number of rotatable bonds is 4. The first-order valence-electron chi connectivity index (χ1n) is 8.19. The zero-order valence-electron chi connectivity index (χ0n) is 13.9. The van der Waals surface area contributed by atoms with Crippen molar-refractivity contribution in [3.05, 3.63) is 53.0 Å². The Balaban J connectivity index is 1.50. The number of benzene rings is 1. The average Bonchev–Trinajstić information content (AvgIpc) is 3.13. The number of fused-ring (bicyclic) bond motifs is 1. The van der Waals surface area contributed by atoms with Crippen LogP contribution >= 0.6 is 15.9 Å². The molecule has 1 aliphatic rings. The highest BCUT2D eigenvalue weighted by Gasteiger charge is 2.28. The van der Waals surface area contributed by atoms with Crippen molar-refractivity contribution in [2.24, 2.45) is 0 Å². The summed E-state index contributed by atoms with van der Waals surface area (Å²) in [5.74, 6) is -0.129. The Bertz CT molecular complexity index is 1020. The smallest absolute Gasteiger partial charge is 0.220 e. The van der Waals surface area contributed by atoms with Crippen molar-refractivity contribution < 1.29 is 12.9 Å². The fraction of sp³-hybridized carbons (Fsp3) is 0.294. The van der Waals surface area contributed by atoms with Crippen LogP contribution in [0.15, 0.2) is 51.8 Å². The Hall–Kier alpha value is -1.97. The molecule has 0 unspecified atom stereocenters. The Morgan fingerprint density at radius 1 is 1.12 bits per heavy atom. The number of pyridine rings is 1. The van der Waals surface area contributed by atoms with Gasteiger partial charge in [-0.1, -0.05) is 21.1 Å². The molecule has 3 heterocycles. The van der Waals surface area contributed by atoms with Crippen molar-refractivity contribution in [1.82, 2.24) is 14.4 Å². The fourth-order valence-corrected chi connectivity index (χ4v) is 4.95. The van der Waals surface area contributed by atoms with Gasteiger partial charge >= 0.3 is 0 Å². The molecule has 1 aliphatic heterocycles. The summed E-state index contributed by atoms with van der Waals surface area (Å²) in [6, 6.07) is 9.57. The third-order valence-corrected chi connectivity index (χ3v) is 6.78. The van der Waals surface area contributed by atoms with E-state index < -0.39 is 10.0 Å². The predicted octanol–water partition coefficient (Wildman–Crippen LogP) is 2.64. The Labute approximate surface area is 159 Å². The SMILES string of the molecule is O=S(=O)(Cc1ccon1)N1CCN(c2ccnc3cc(Br)ccc23)CC1. The van der Waals surface area contributed by atoms with Gasteiger partial charge in [0.25, 0.3) is 0 Å². The minimum atomic E-state index is -3.39. The van der Waals surface area contributed by atoms with E-state index in [0.29, 0.717) is 31.9 Å². The molecule has 2 aromatic heterocycles. The number of sulfonamides is 1. The lowest BCUT2D eigenvalue weighted by Gasteiger charge is -2.35. The molecule has 1 aromatic carbocycles. The van der Waals surface area contributed by atoms with E-state index in [1.807, 2.05) is 24.3 Å². The standard InChI is InChI=1S/C17H17BrN4O3S/c18-13-1-2-15-16(11-13)19-5-3-17(15)21-6-8-22(9-7-21)26(23,24)12-14-4-10-25-20-14/h1-5,10-11H,6-9,12H2. The van der Waals surface area contributed by atoms with Gasteiger partial charge in [0.15, 0.2) is 0 Å². The second-order valence-electron chi connectivity index (χ2n) is 6.12. The highest BCUT2D eigenvalue weighted by atomic mass is 79.9. The molecule has 0 atom stereocenters. The maximum Gasteiger partial charge on any atom is 0.220 e. The summed E-state index contributed by atoms with van der Waals surface area (Å²) in [5.41, 5.74) is 2.42. The largest absolute Gasteiger partial charge is 0.368 e. The normalized spacial score (nSPS) is 16.3. The van der Waals surface area contributed by atoms with E-state index in [-0.39, 0.29) is 5.75 Å². The van der Waals surface area contributed by atoms with Crippen LogP contribution in [0.5, 0.6) is 0 Å². The van der Waals surface area contributed by atoms with Gasteiger partial charge in [0.2, 0.25) is 10.0 Å². The maximum absolute atomic E-state index is 12.6. The molecule has 0 amide bonds. The van der Waals surface area contributed by atoms with Crippen LogP contribution in [-0.2, 0) is 15.8 Å². The number of anilines is 1. The lowest BCUT2D eigenvalue weighted by atomic mass is 10.1. The Morgan fingerprint density at radius 2 is 1.92 bits per heavy atom. The number of nitrogens with zero attached hydrogens (tertiary/aromatic N) is 4. The first-order chi connectivity index (χ1) is 12.5. The van der Waals surface area contributed by atoms with Gasteiger partial charge in [0.1, 0.15) is 12.0 Å². The highest BCUT2D eigenvalue weighted by molar-refractivity contribution is 9.10. The van der Waals surface area contributed by atoms with Crippen LogP contribution in [0.4, 0.5) is 5.69 Å². The molecule has 0 N–H and O–H groups in total. The van der Waals surface area contributed by atoms with Crippen LogP contribution in [0.25, 0.3) is 10.9 Å². The molecule has 0 bridgehead atoms. The monoisotopic (exact) mass is 436 g/mol. The molecule has 3 aromatic rings. The Kier molecular flexibility index (Phi) is 4.68. The van der Waals surface area contributed by atoms with Crippen molar-refractivity contribution in [2.75, 3.05) is 31.1 Å². The molecule has 4 rings (SSSR count). The van der Waals surface area contributed by atoms with Crippen molar-refractivity contribution in [2.45, 2.75) is 5.75 Å². The van der Waals surface area contributed by atoms with Gasteiger partial charge in [-0.15, -0.1) is 0 Å². The minimum absolute atomic E-state index is 0.129. The molecule has 0 radical (unpaired) electrons. The van der Waals surface area contributed by atoms with Crippen LogP contribution in [0.2, 0.25) is 0 Å². The summed E-state index contributed by atoms with van der Waals surface area (Å²) < 4.78 is 32.3. The third kappa shape index (κ3) is 3.46. The van der Waals surface area contributed by atoms with Crippen LogP contribution < -0.4 is 4.90 Å². The summed E-state index contributed by atoms with van der Waals surface area (Å²) in [6.07, 6.45) is 3.17. The van der Waals surface area contributed by atoms with Crippen LogP contribution in [0.1, 0.15) is 5.69 Å². The molecule has 0 aliphatic carbocycles. The number of hydrogen-bond acceptors (Lipinski definition) is 6. The summed E-state index contributed by atoms with van der Waals surface area (Å²) in [4.78, 5) is 6.62. The zero-order valence-corrected chi connectivity index (χ0v) is 16.3. The summed E-state index contributed by atoms with van der Waals surface area (Å²) in [6.45, 7) is 2.15. The molecule has 0 saturated carbocycles. The van der Waals surface area contributed by atoms with Crippen molar-refractivity contribution in [3.63, 3.8) is 0 Å². The number of hydrogen-bond donors (Lipinski definition) is 0. The first kappa shape index (κ1) is 17.4. The average molecular weight is 437 g/mol. The predicted molar refractivity (Wildman–Crippen MR) is 102 cm³/mol. The lowest BCUT2D eigenvalue weighted by molar-refractivity contribution is 0.382. The molecule has 0 spiro atoms. The number of halogens is 1. The van der Waals surface area contributed by atoms with Gasteiger partial charge in [-0.05, 0) is 24.3 Å². The van der Waals surface area contributed by atoms with E-state index in [1.165, 1.54) is 10.6 Å². The van der Waals surface area contributed by atoms with Gasteiger partial charge in [-0.25, -0.2) is 8.42 Å². The summed E-state index contributed by atoms with van der Waals surface area (Å²) in [5, 5.41) is 4.76. The zero-order chi connectivity index (χ0) is 18.1.